The van der Waals surface area contributed by atoms with Gasteiger partial charge in [0, 0.05) is 0 Å². The van der Waals surface area contributed by atoms with Crippen molar-refractivity contribution in [2.24, 2.45) is 0 Å². The van der Waals surface area contributed by atoms with Gasteiger partial charge in [-0.15, -0.1) is 0 Å². The van der Waals surface area contributed by atoms with Gasteiger partial charge in [0.25, 0.3) is 0 Å². The molecule has 0 radical (unpaired) electrons. The Morgan fingerprint density at radius 3 is 2.29 bits per heavy atom. The normalized spacial score (nSPS) is 11.8. The fourth-order valence-electron chi connectivity index (χ4n) is 0.960. The van der Waals surface area contributed by atoms with Crippen LogP contribution in [0.15, 0.2) is 29.2 Å². The molecule has 1 rings (SSSR count). The topological polar surface area (TPSA) is 63.2 Å². The van der Waals surface area contributed by atoms with Crippen LogP contribution in [0.1, 0.15) is 6.92 Å². The molecule has 0 aliphatic rings. The first-order chi connectivity index (χ1) is 6.60. The summed E-state index contributed by atoms with van der Waals surface area (Å²) in [5, 5.41) is 0. The van der Waals surface area contributed by atoms with Crippen LogP contribution < -0.4 is 9.07 Å². The summed E-state index contributed by atoms with van der Waals surface area (Å²) in [6, 6.07) is 6.05. The molecule has 4 nitrogen and oxygen atoms in total. The van der Waals surface area contributed by atoms with Crippen LogP contribution in [0.25, 0.3) is 0 Å². The van der Waals surface area contributed by atoms with Crippen molar-refractivity contribution in [2.75, 3.05) is 6.54 Å². The Morgan fingerprint density at radius 1 is 1.29 bits per heavy atom. The zero-order valence-electron chi connectivity index (χ0n) is 7.60. The fourth-order valence-corrected chi connectivity index (χ4v) is 2.57. The number of hydrogen-bond acceptors (Lipinski definition) is 3. The number of nitrogens with one attached hydrogen (secondary N) is 1. The molecule has 1 N–H and O–H groups in total. The Bertz CT molecular complexity index is 413. The van der Waals surface area contributed by atoms with Crippen LogP contribution in [0.2, 0.25) is 0 Å². The van der Waals surface area contributed by atoms with E-state index in [4.69, 9.17) is 0 Å². The molecule has 0 unspecified atom stereocenters. The van der Waals surface area contributed by atoms with Crippen LogP contribution in [-0.2, 0) is 13.8 Å². The second-order valence-corrected chi connectivity index (χ2v) is 5.82. The summed E-state index contributed by atoms with van der Waals surface area (Å²) < 4.78 is 36.5. The zero-order valence-corrected chi connectivity index (χ0v) is 10.3. The van der Waals surface area contributed by atoms with E-state index in [0.717, 1.165) is 0 Å². The average Bonchev–Trinajstić information content (AvgIpc) is 2.18. The van der Waals surface area contributed by atoms with Gasteiger partial charge in [0.2, 0.25) is 0 Å². The van der Waals surface area contributed by atoms with Crippen molar-refractivity contribution in [1.82, 2.24) is 4.72 Å². The van der Waals surface area contributed by atoms with Crippen LogP contribution in [0, 0.1) is 0 Å². The number of benzene rings is 1. The molecule has 0 saturated heterocycles. The third-order valence-electron chi connectivity index (χ3n) is 1.59. The van der Waals surface area contributed by atoms with Gasteiger partial charge in [-0.25, -0.2) is 0 Å². The van der Waals surface area contributed by atoms with Crippen LogP contribution in [0.3, 0.4) is 0 Å². The number of rotatable bonds is 4. The Hall–Kier alpha value is -0.512. The van der Waals surface area contributed by atoms with E-state index in [1.54, 1.807) is 19.1 Å². The number of hydrogen-bond donors (Lipinski definition) is 1. The van der Waals surface area contributed by atoms with Gasteiger partial charge in [-0.05, 0) is 0 Å². The molecule has 1 aromatic rings. The first kappa shape index (κ1) is 11.6. The van der Waals surface area contributed by atoms with Crippen molar-refractivity contribution < 1.29 is 12.2 Å². The van der Waals surface area contributed by atoms with E-state index in [9.17, 15) is 12.2 Å². The molecule has 0 aliphatic heterocycles. The molecule has 0 atom stereocenters. The molecule has 0 spiro atoms. The monoisotopic (exact) mass is 275 g/mol. The summed E-state index contributed by atoms with van der Waals surface area (Å²) in [5.41, 5.74) is 0. The summed E-state index contributed by atoms with van der Waals surface area (Å²) in [7, 11) is -3.38. The fraction of sp³-hybridized carbons (Fsp3) is 0.250. The van der Waals surface area contributed by atoms with E-state index in [1.807, 2.05) is 0 Å². The van der Waals surface area contributed by atoms with E-state index in [0.29, 0.717) is 10.9 Å². The Morgan fingerprint density at radius 2 is 1.86 bits per heavy atom. The van der Waals surface area contributed by atoms with Gasteiger partial charge in [0.1, 0.15) is 0 Å². The molecule has 0 aromatic heterocycles. The van der Waals surface area contributed by atoms with Crippen LogP contribution in [0.5, 0.6) is 0 Å². The molecule has 0 saturated carbocycles. The Labute approximate surface area is 89.7 Å². The van der Waals surface area contributed by atoms with Gasteiger partial charge >= 0.3 is 89.6 Å². The summed E-state index contributed by atoms with van der Waals surface area (Å²) in [5.74, 6) is 0. The van der Waals surface area contributed by atoms with E-state index >= 15 is 0 Å². The second kappa shape index (κ2) is 4.82. The third-order valence-corrected chi connectivity index (χ3v) is 4.22. The van der Waals surface area contributed by atoms with Gasteiger partial charge in [-0.2, -0.15) is 0 Å². The summed E-state index contributed by atoms with van der Waals surface area (Å²) in [4.78, 5) is 0.206. The van der Waals surface area contributed by atoms with Crippen molar-refractivity contribution >= 4 is 30.1 Å². The molecule has 14 heavy (non-hydrogen) atoms. The standard InChI is InChI=1S/C8H10AsNO3S/c1-2-10-14(12,13)8-5-3-7(9-11)4-6-8/h3-6,10H,2H2,1H3. The summed E-state index contributed by atoms with van der Waals surface area (Å²) in [6.45, 7) is 2.08. The Balaban J connectivity index is 3.03. The van der Waals surface area contributed by atoms with Crippen molar-refractivity contribution in [3.63, 3.8) is 0 Å². The molecule has 0 fully saturated rings. The van der Waals surface area contributed by atoms with E-state index in [1.165, 1.54) is 12.1 Å². The van der Waals surface area contributed by atoms with Crippen molar-refractivity contribution in [2.45, 2.75) is 11.8 Å². The predicted molar refractivity (Wildman–Crippen MR) is 53.4 cm³/mol. The molecule has 6 heteroatoms. The van der Waals surface area contributed by atoms with Crippen LogP contribution in [0.4, 0.5) is 0 Å². The zero-order chi connectivity index (χ0) is 10.6. The molecule has 76 valence electrons. The maximum atomic E-state index is 11.5. The molecular weight excluding hydrogens is 265 g/mol. The summed E-state index contributed by atoms with van der Waals surface area (Å²) in [6.07, 6.45) is 0. The quantitative estimate of drug-likeness (QED) is 0.765. The van der Waals surface area contributed by atoms with E-state index in [-0.39, 0.29) is 4.90 Å². The molecule has 0 heterocycles. The van der Waals surface area contributed by atoms with Gasteiger partial charge in [-0.3, -0.25) is 0 Å². The van der Waals surface area contributed by atoms with Gasteiger partial charge in [0.15, 0.2) is 0 Å². The first-order valence-corrected chi connectivity index (χ1v) is 7.22. The minimum absolute atomic E-state index is 0.206. The van der Waals surface area contributed by atoms with E-state index < -0.39 is 25.7 Å². The SMILES string of the molecule is CCNS(=O)(=O)c1ccc([As]=O)cc1. The van der Waals surface area contributed by atoms with Crippen LogP contribution >= 0.6 is 0 Å². The second-order valence-electron chi connectivity index (χ2n) is 2.59. The first-order valence-electron chi connectivity index (χ1n) is 4.03. The van der Waals surface area contributed by atoms with Gasteiger partial charge in [-0.1, -0.05) is 0 Å². The third kappa shape index (κ3) is 2.74. The van der Waals surface area contributed by atoms with Crippen molar-refractivity contribution in [1.29, 1.82) is 0 Å². The van der Waals surface area contributed by atoms with Crippen molar-refractivity contribution in [3.8, 4) is 0 Å². The number of sulfonamides is 1. The minimum atomic E-state index is -3.38. The molecule has 0 bridgehead atoms. The van der Waals surface area contributed by atoms with Crippen LogP contribution in [-0.4, -0.2) is 30.7 Å². The predicted octanol–water partition coefficient (Wildman–Crippen LogP) is -0.340. The van der Waals surface area contributed by atoms with Crippen molar-refractivity contribution in [3.05, 3.63) is 24.3 Å². The molecular formula is C8H10AsNO3S. The Kier molecular flexibility index (Phi) is 3.98. The van der Waals surface area contributed by atoms with Gasteiger partial charge < -0.3 is 0 Å². The molecule has 0 amide bonds. The van der Waals surface area contributed by atoms with E-state index in [2.05, 4.69) is 4.72 Å². The van der Waals surface area contributed by atoms with Gasteiger partial charge in [0.05, 0.1) is 0 Å². The maximum absolute atomic E-state index is 11.5. The average molecular weight is 275 g/mol. The molecule has 1 aromatic carbocycles. The molecule has 0 aliphatic carbocycles. The summed E-state index contributed by atoms with van der Waals surface area (Å²) >= 11 is -1.08.